The highest BCUT2D eigenvalue weighted by molar-refractivity contribution is 7.18. The van der Waals surface area contributed by atoms with Gasteiger partial charge in [0.25, 0.3) is 0 Å². The van der Waals surface area contributed by atoms with Crippen LogP contribution in [0.5, 0.6) is 0 Å². The molecule has 1 heterocycles. The molecule has 0 spiro atoms. The standard InChI is InChI=1S/C15H15F3N2O2S/c16-15(17,18)14(22,7-12(21)19-8-9-5-6-9)13-20-10-3-1-2-4-11(10)23-13/h1-4,9,22H,5-8H2,(H,19,21)/t14-/m1/s1. The van der Waals surface area contributed by atoms with E-state index >= 15 is 0 Å². The molecule has 1 amide bonds. The van der Waals surface area contributed by atoms with Gasteiger partial charge in [-0.2, -0.15) is 13.2 Å². The summed E-state index contributed by atoms with van der Waals surface area (Å²) in [5.74, 6) is -0.476. The van der Waals surface area contributed by atoms with Gasteiger partial charge < -0.3 is 10.4 Å². The fourth-order valence-corrected chi connectivity index (χ4v) is 3.30. The van der Waals surface area contributed by atoms with Crippen molar-refractivity contribution in [3.63, 3.8) is 0 Å². The van der Waals surface area contributed by atoms with Crippen molar-refractivity contribution in [3.05, 3.63) is 29.3 Å². The Hall–Kier alpha value is -1.67. The van der Waals surface area contributed by atoms with Crippen LogP contribution in [0.25, 0.3) is 10.2 Å². The van der Waals surface area contributed by atoms with E-state index in [-0.39, 0.29) is 0 Å². The highest BCUT2D eigenvalue weighted by atomic mass is 32.1. The van der Waals surface area contributed by atoms with E-state index < -0.39 is 29.1 Å². The van der Waals surface area contributed by atoms with Gasteiger partial charge >= 0.3 is 6.18 Å². The minimum atomic E-state index is -4.99. The molecular formula is C15H15F3N2O2S. The quantitative estimate of drug-likeness (QED) is 0.877. The average molecular weight is 344 g/mol. The van der Waals surface area contributed by atoms with E-state index in [9.17, 15) is 23.1 Å². The van der Waals surface area contributed by atoms with E-state index in [1.165, 1.54) is 0 Å². The first-order chi connectivity index (χ1) is 10.8. The van der Waals surface area contributed by atoms with Crippen LogP contribution in [0, 0.1) is 5.92 Å². The number of nitrogens with zero attached hydrogens (tertiary/aromatic N) is 1. The normalized spacial score (nSPS) is 17.9. The number of nitrogens with one attached hydrogen (secondary N) is 1. The van der Waals surface area contributed by atoms with Crippen molar-refractivity contribution < 1.29 is 23.1 Å². The van der Waals surface area contributed by atoms with Crippen molar-refractivity contribution in [2.24, 2.45) is 5.92 Å². The van der Waals surface area contributed by atoms with Crippen LogP contribution in [0.3, 0.4) is 0 Å². The number of amides is 1. The van der Waals surface area contributed by atoms with Crippen LogP contribution in [0.4, 0.5) is 13.2 Å². The molecule has 124 valence electrons. The Morgan fingerprint density at radius 2 is 2.04 bits per heavy atom. The molecule has 0 saturated heterocycles. The maximum atomic E-state index is 13.4. The minimum absolute atomic E-state index is 0.348. The fraction of sp³-hybridized carbons (Fsp3) is 0.467. The number of fused-ring (bicyclic) bond motifs is 1. The molecule has 0 radical (unpaired) electrons. The molecule has 3 rings (SSSR count). The van der Waals surface area contributed by atoms with Crippen LogP contribution in [0.2, 0.25) is 0 Å². The lowest BCUT2D eigenvalue weighted by Crippen LogP contribution is -2.46. The molecule has 1 saturated carbocycles. The van der Waals surface area contributed by atoms with Crippen molar-refractivity contribution in [2.45, 2.75) is 31.0 Å². The third kappa shape index (κ3) is 3.32. The fourth-order valence-electron chi connectivity index (χ4n) is 2.22. The topological polar surface area (TPSA) is 62.2 Å². The van der Waals surface area contributed by atoms with Gasteiger partial charge in [-0.3, -0.25) is 4.79 Å². The van der Waals surface area contributed by atoms with Gasteiger partial charge in [0, 0.05) is 6.54 Å². The number of hydrogen-bond acceptors (Lipinski definition) is 4. The molecule has 0 aliphatic heterocycles. The summed E-state index contributed by atoms with van der Waals surface area (Å²) in [6.07, 6.45) is -4.12. The Bertz CT molecular complexity index is 694. The third-order valence-corrected chi connectivity index (χ3v) is 5.01. The highest BCUT2D eigenvalue weighted by Gasteiger charge is 2.58. The molecule has 1 aliphatic rings. The molecular weight excluding hydrogens is 329 g/mol. The monoisotopic (exact) mass is 344 g/mol. The molecule has 0 bridgehead atoms. The lowest BCUT2D eigenvalue weighted by atomic mass is 9.99. The lowest BCUT2D eigenvalue weighted by Gasteiger charge is -2.27. The number of halogens is 3. The van der Waals surface area contributed by atoms with Gasteiger partial charge in [-0.05, 0) is 30.9 Å². The van der Waals surface area contributed by atoms with Gasteiger partial charge in [-0.25, -0.2) is 4.98 Å². The van der Waals surface area contributed by atoms with E-state index in [1.54, 1.807) is 24.3 Å². The second-order valence-corrected chi connectivity index (χ2v) is 6.80. The van der Waals surface area contributed by atoms with E-state index in [0.29, 0.717) is 22.7 Å². The maximum Gasteiger partial charge on any atom is 0.424 e. The number of hydrogen-bond donors (Lipinski definition) is 2. The lowest BCUT2D eigenvalue weighted by molar-refractivity contribution is -0.267. The summed E-state index contributed by atoms with van der Waals surface area (Å²) < 4.78 is 40.8. The molecule has 1 fully saturated rings. The van der Waals surface area contributed by atoms with E-state index in [0.717, 1.165) is 24.2 Å². The number of carbonyl (C=O) groups excluding carboxylic acids is 1. The molecule has 1 aliphatic carbocycles. The number of carbonyl (C=O) groups is 1. The molecule has 1 aromatic carbocycles. The minimum Gasteiger partial charge on any atom is -0.374 e. The van der Waals surface area contributed by atoms with Crippen LogP contribution in [-0.4, -0.2) is 28.7 Å². The number of para-hydroxylation sites is 1. The predicted octanol–water partition coefficient (Wildman–Crippen LogP) is 2.96. The summed E-state index contributed by atoms with van der Waals surface area (Å²) in [4.78, 5) is 15.7. The van der Waals surface area contributed by atoms with Gasteiger partial charge in [0.2, 0.25) is 11.5 Å². The van der Waals surface area contributed by atoms with E-state index in [1.807, 2.05) is 0 Å². The van der Waals surface area contributed by atoms with Crippen LogP contribution >= 0.6 is 11.3 Å². The number of thiazole rings is 1. The van der Waals surface area contributed by atoms with Crippen LogP contribution in [-0.2, 0) is 10.4 Å². The second kappa shape index (κ2) is 5.76. The molecule has 2 aromatic rings. The zero-order chi connectivity index (χ0) is 16.7. The molecule has 1 atom stereocenters. The van der Waals surface area contributed by atoms with Gasteiger partial charge in [0.05, 0.1) is 16.6 Å². The molecule has 0 unspecified atom stereocenters. The second-order valence-electron chi connectivity index (χ2n) is 5.77. The summed E-state index contributed by atoms with van der Waals surface area (Å²) in [6.45, 7) is 0.354. The Balaban J connectivity index is 1.87. The van der Waals surface area contributed by atoms with Crippen LogP contribution in [0.15, 0.2) is 24.3 Å². The SMILES string of the molecule is O=C(C[C@@](O)(c1nc2ccccc2s1)C(F)(F)F)NCC1CC1. The first-order valence-corrected chi connectivity index (χ1v) is 8.03. The van der Waals surface area contributed by atoms with Crippen molar-refractivity contribution in [1.82, 2.24) is 10.3 Å². The van der Waals surface area contributed by atoms with Crippen molar-refractivity contribution in [3.8, 4) is 0 Å². The number of aliphatic hydroxyl groups is 1. The average Bonchev–Trinajstić information content (AvgIpc) is 3.20. The zero-order valence-electron chi connectivity index (χ0n) is 12.1. The van der Waals surface area contributed by atoms with Gasteiger partial charge in [0.1, 0.15) is 5.01 Å². The molecule has 23 heavy (non-hydrogen) atoms. The Kier molecular flexibility index (Phi) is 4.05. The Labute approximate surface area is 134 Å². The molecule has 1 aromatic heterocycles. The number of benzene rings is 1. The first-order valence-electron chi connectivity index (χ1n) is 7.21. The highest BCUT2D eigenvalue weighted by Crippen LogP contribution is 2.44. The van der Waals surface area contributed by atoms with Gasteiger partial charge in [-0.1, -0.05) is 12.1 Å². The first kappa shape index (κ1) is 16.2. The van der Waals surface area contributed by atoms with E-state index in [4.69, 9.17) is 0 Å². The van der Waals surface area contributed by atoms with Gasteiger partial charge in [-0.15, -0.1) is 11.3 Å². The van der Waals surface area contributed by atoms with E-state index in [2.05, 4.69) is 10.3 Å². The molecule has 4 nitrogen and oxygen atoms in total. The van der Waals surface area contributed by atoms with Crippen LogP contribution in [0.1, 0.15) is 24.3 Å². The summed E-state index contributed by atoms with van der Waals surface area (Å²) in [5, 5.41) is 12.2. The van der Waals surface area contributed by atoms with Crippen molar-refractivity contribution >= 4 is 27.5 Å². The maximum absolute atomic E-state index is 13.4. The zero-order valence-corrected chi connectivity index (χ0v) is 12.9. The summed E-state index contributed by atoms with van der Waals surface area (Å²) in [7, 11) is 0. The predicted molar refractivity (Wildman–Crippen MR) is 79.9 cm³/mol. The number of alkyl halides is 3. The smallest absolute Gasteiger partial charge is 0.374 e. The van der Waals surface area contributed by atoms with Crippen LogP contribution < -0.4 is 5.32 Å². The largest absolute Gasteiger partial charge is 0.424 e. The van der Waals surface area contributed by atoms with Gasteiger partial charge in [0.15, 0.2) is 0 Å². The Morgan fingerprint density at radius 3 is 2.65 bits per heavy atom. The number of aromatic nitrogens is 1. The summed E-state index contributed by atoms with van der Waals surface area (Å²) >= 11 is 0.749. The number of rotatable bonds is 5. The summed E-state index contributed by atoms with van der Waals surface area (Å²) in [5.41, 5.74) is -2.90. The third-order valence-electron chi connectivity index (χ3n) is 3.82. The molecule has 8 heteroatoms. The molecule has 2 N–H and O–H groups in total. The Morgan fingerprint density at radius 1 is 1.35 bits per heavy atom. The van der Waals surface area contributed by atoms with Crippen molar-refractivity contribution in [2.75, 3.05) is 6.54 Å². The summed E-state index contributed by atoms with van der Waals surface area (Å²) in [6, 6.07) is 6.53. The van der Waals surface area contributed by atoms with Crippen molar-refractivity contribution in [1.29, 1.82) is 0 Å².